The van der Waals surface area contributed by atoms with E-state index in [-0.39, 0.29) is 40.3 Å². The Labute approximate surface area is 310 Å². The van der Waals surface area contributed by atoms with Crippen LogP contribution in [-0.2, 0) is 46.8 Å². The minimum Gasteiger partial charge on any atom is -0.444 e. The van der Waals surface area contributed by atoms with Gasteiger partial charge in [-0.3, -0.25) is 4.79 Å². The topological polar surface area (TPSA) is 144 Å². The first-order valence-corrected chi connectivity index (χ1v) is 21.9. The number of carbonyl (C=O) groups is 3. The van der Waals surface area contributed by atoms with Gasteiger partial charge in [0.25, 0.3) is 0 Å². The Kier molecular flexibility index (Phi) is 12.9. The lowest BCUT2D eigenvalue weighted by Gasteiger charge is -2.40. The average molecular weight is 761 g/mol. The molecule has 288 valence electrons. The van der Waals surface area contributed by atoms with E-state index in [1.165, 1.54) is 0 Å². The molecule has 2 unspecified atom stereocenters. The van der Waals surface area contributed by atoms with Gasteiger partial charge >= 0.3 is 12.2 Å². The molecule has 2 saturated heterocycles. The first-order valence-electron chi connectivity index (χ1n) is 18.1. The second-order valence-electron chi connectivity index (χ2n) is 16.4. The van der Waals surface area contributed by atoms with E-state index < -0.39 is 54.9 Å². The molecule has 0 aliphatic carbocycles. The van der Waals surface area contributed by atoms with Crippen LogP contribution in [0.3, 0.4) is 0 Å². The summed E-state index contributed by atoms with van der Waals surface area (Å²) in [5.41, 5.74) is -0.215. The Morgan fingerprint density at radius 3 is 1.21 bits per heavy atom. The van der Waals surface area contributed by atoms with Crippen molar-refractivity contribution in [3.63, 3.8) is 0 Å². The maximum absolute atomic E-state index is 15.3. The van der Waals surface area contributed by atoms with Gasteiger partial charge in [-0.15, -0.1) is 0 Å². The van der Waals surface area contributed by atoms with Gasteiger partial charge in [0.05, 0.1) is 9.79 Å². The summed E-state index contributed by atoms with van der Waals surface area (Å²) in [6.45, 7) is 12.4. The van der Waals surface area contributed by atoms with Crippen LogP contribution in [-0.4, -0.2) is 94.5 Å². The Morgan fingerprint density at radius 1 is 0.615 bits per heavy atom. The normalized spacial score (nSPS) is 18.1. The van der Waals surface area contributed by atoms with Crippen molar-refractivity contribution in [2.24, 2.45) is 23.7 Å². The van der Waals surface area contributed by atoms with Gasteiger partial charge in [0, 0.05) is 50.5 Å². The Bertz CT molecular complexity index is 1680. The Morgan fingerprint density at radius 2 is 0.923 bits per heavy atom. The van der Waals surface area contributed by atoms with Gasteiger partial charge in [-0.2, -0.15) is 0 Å². The zero-order valence-electron chi connectivity index (χ0n) is 31.9. The number of likely N-dealkylation sites (tertiary alicyclic amines) is 2. The number of amides is 2. The van der Waals surface area contributed by atoms with E-state index in [2.05, 4.69) is 0 Å². The van der Waals surface area contributed by atoms with Gasteiger partial charge in [-0.1, -0.05) is 36.4 Å². The van der Waals surface area contributed by atoms with Crippen molar-refractivity contribution in [1.29, 1.82) is 0 Å². The van der Waals surface area contributed by atoms with Gasteiger partial charge in [0.2, 0.25) is 0 Å². The van der Waals surface area contributed by atoms with Gasteiger partial charge in [0.15, 0.2) is 19.7 Å². The number of benzene rings is 2. The lowest BCUT2D eigenvalue weighted by atomic mass is 9.69. The van der Waals surface area contributed by atoms with Crippen molar-refractivity contribution in [2.75, 3.05) is 38.7 Å². The summed E-state index contributed by atoms with van der Waals surface area (Å²) in [6.07, 6.45) is 3.91. The number of ketones is 1. The number of piperidine rings is 2. The van der Waals surface area contributed by atoms with Gasteiger partial charge in [-0.25, -0.2) is 26.4 Å². The highest BCUT2D eigenvalue weighted by atomic mass is 32.2. The van der Waals surface area contributed by atoms with Crippen LogP contribution in [0, 0.1) is 23.7 Å². The van der Waals surface area contributed by atoms with Crippen LogP contribution in [0.15, 0.2) is 58.3 Å². The number of nitrogens with zero attached hydrogens (tertiary/aromatic N) is 2. The molecular weight excluding hydrogens is 705 g/mol. The molecule has 0 aromatic heterocycles. The quantitative estimate of drug-likeness (QED) is 0.270. The van der Waals surface area contributed by atoms with Crippen molar-refractivity contribution in [2.45, 2.75) is 101 Å². The molecule has 4 rings (SSSR count). The summed E-state index contributed by atoms with van der Waals surface area (Å²) in [4.78, 5) is 44.8. The van der Waals surface area contributed by atoms with Crippen molar-refractivity contribution in [1.82, 2.24) is 9.80 Å². The van der Waals surface area contributed by atoms with Crippen LogP contribution in [0.2, 0.25) is 0 Å². The molecule has 2 heterocycles. The standard InChI is InChI=1S/C39H56N2O9S2/c1-38(2,3)49-36(43)40-21-17-27(18-22-40)31(25-29-13-9-11-15-33(29)51(7,45)46)35(42)32(26-30-14-10-12-16-34(30)52(8,47)48)28-19-23-41(24-20-28)37(44)50-39(4,5)6/h9-16,27-28,31-32H,17-26H2,1-8H3. The smallest absolute Gasteiger partial charge is 0.410 e. The highest BCUT2D eigenvalue weighted by Gasteiger charge is 2.41. The molecule has 0 N–H and O–H groups in total. The number of hydrogen-bond acceptors (Lipinski definition) is 9. The van der Waals surface area contributed by atoms with Crippen LogP contribution in [0.1, 0.15) is 78.4 Å². The van der Waals surface area contributed by atoms with Gasteiger partial charge in [-0.05, 0) is 115 Å². The number of sulfone groups is 2. The summed E-state index contributed by atoms with van der Waals surface area (Å²) in [5, 5.41) is 0. The fourth-order valence-corrected chi connectivity index (χ4v) is 9.34. The van der Waals surface area contributed by atoms with Crippen molar-refractivity contribution in [3.8, 4) is 0 Å². The predicted octanol–water partition coefficient (Wildman–Crippen LogP) is 6.37. The number of carbonyl (C=O) groups excluding carboxylic acids is 3. The number of rotatable bonds is 10. The van der Waals surface area contributed by atoms with Crippen LogP contribution in [0.5, 0.6) is 0 Å². The summed E-state index contributed by atoms with van der Waals surface area (Å²) >= 11 is 0. The molecular formula is C39H56N2O9S2. The average Bonchev–Trinajstić information content (AvgIpc) is 3.04. The summed E-state index contributed by atoms with van der Waals surface area (Å²) in [6, 6.07) is 13.5. The fraction of sp³-hybridized carbons (Fsp3) is 0.615. The SMILES string of the molecule is CC(C)(C)OC(=O)N1CCC(C(Cc2ccccc2S(C)(=O)=O)C(=O)C(Cc2ccccc2S(C)(=O)=O)C2CCN(C(=O)OC(C)(C)C)CC2)CC1. The molecule has 2 aliphatic heterocycles. The van der Waals surface area contributed by atoms with Crippen LogP contribution in [0.4, 0.5) is 9.59 Å². The highest BCUT2D eigenvalue weighted by Crippen LogP contribution is 2.38. The monoisotopic (exact) mass is 760 g/mol. The zero-order valence-corrected chi connectivity index (χ0v) is 33.5. The van der Waals surface area contributed by atoms with Crippen molar-refractivity contribution >= 4 is 37.6 Å². The highest BCUT2D eigenvalue weighted by molar-refractivity contribution is 7.91. The molecule has 11 nitrogen and oxygen atoms in total. The van der Waals surface area contributed by atoms with E-state index in [0.29, 0.717) is 63.0 Å². The second-order valence-corrected chi connectivity index (χ2v) is 20.4. The minimum absolute atomic E-state index is 0.0574. The largest absolute Gasteiger partial charge is 0.444 e. The molecule has 2 fully saturated rings. The van der Waals surface area contributed by atoms with E-state index in [1.54, 1.807) is 58.3 Å². The maximum atomic E-state index is 15.3. The van der Waals surface area contributed by atoms with Crippen molar-refractivity contribution < 1.29 is 40.7 Å². The third kappa shape index (κ3) is 11.3. The number of Topliss-reactive ketones (excluding diaryl/α,β-unsaturated/α-hetero) is 1. The first kappa shape index (κ1) is 41.3. The van der Waals surface area contributed by atoms with E-state index in [1.807, 2.05) is 41.5 Å². The lowest BCUT2D eigenvalue weighted by molar-refractivity contribution is -0.131. The summed E-state index contributed by atoms with van der Waals surface area (Å²) in [7, 11) is -7.22. The molecule has 0 bridgehead atoms. The van der Waals surface area contributed by atoms with Gasteiger partial charge < -0.3 is 19.3 Å². The van der Waals surface area contributed by atoms with Crippen LogP contribution in [0.25, 0.3) is 0 Å². The minimum atomic E-state index is -3.61. The maximum Gasteiger partial charge on any atom is 0.410 e. The van der Waals surface area contributed by atoms with Crippen molar-refractivity contribution in [3.05, 3.63) is 59.7 Å². The second kappa shape index (κ2) is 16.3. The van der Waals surface area contributed by atoms with Gasteiger partial charge in [0.1, 0.15) is 17.0 Å². The molecule has 2 atom stereocenters. The number of ether oxygens (including phenoxy) is 2. The van der Waals surface area contributed by atoms with Crippen LogP contribution < -0.4 is 0 Å². The Hall–Kier alpha value is -3.45. The molecule has 13 heteroatoms. The molecule has 2 aliphatic rings. The molecule has 0 saturated carbocycles. The third-order valence-corrected chi connectivity index (χ3v) is 12.3. The van der Waals surface area contributed by atoms with E-state index >= 15 is 4.79 Å². The lowest BCUT2D eigenvalue weighted by Crippen LogP contribution is -2.47. The molecule has 2 amide bonds. The fourth-order valence-electron chi connectivity index (χ4n) is 7.44. The van der Waals surface area contributed by atoms with E-state index in [0.717, 1.165) is 12.5 Å². The van der Waals surface area contributed by atoms with E-state index in [4.69, 9.17) is 9.47 Å². The zero-order chi connectivity index (χ0) is 38.6. The summed E-state index contributed by atoms with van der Waals surface area (Å²) in [5.74, 6) is -1.62. The number of hydrogen-bond donors (Lipinski definition) is 0. The molecule has 2 aromatic rings. The molecule has 52 heavy (non-hydrogen) atoms. The van der Waals surface area contributed by atoms with E-state index in [9.17, 15) is 26.4 Å². The summed E-state index contributed by atoms with van der Waals surface area (Å²) < 4.78 is 62.8. The predicted molar refractivity (Wildman–Crippen MR) is 200 cm³/mol. The third-order valence-electron chi connectivity index (χ3n) is 9.88. The first-order chi connectivity index (χ1) is 24.0. The Balaban J connectivity index is 1.72. The molecule has 0 spiro atoms. The molecule has 2 aromatic carbocycles. The molecule has 0 radical (unpaired) electrons. The van der Waals surface area contributed by atoms with Crippen LogP contribution >= 0.6 is 0 Å².